The summed E-state index contributed by atoms with van der Waals surface area (Å²) in [5, 5.41) is 6.19. The van der Waals surface area contributed by atoms with Gasteiger partial charge in [0.1, 0.15) is 11.6 Å². The number of hydrogen-bond donors (Lipinski definition) is 1. The Morgan fingerprint density at radius 2 is 1.92 bits per heavy atom. The summed E-state index contributed by atoms with van der Waals surface area (Å²) in [6.45, 7) is 0. The van der Waals surface area contributed by atoms with Crippen LogP contribution in [0.25, 0.3) is 22.8 Å². The first kappa shape index (κ1) is 15.9. The number of halogens is 4. The van der Waals surface area contributed by atoms with Gasteiger partial charge in [0.15, 0.2) is 11.6 Å². The van der Waals surface area contributed by atoms with Crippen molar-refractivity contribution in [3.05, 3.63) is 48.0 Å². The van der Waals surface area contributed by atoms with Crippen molar-refractivity contribution in [1.82, 2.24) is 20.2 Å². The summed E-state index contributed by atoms with van der Waals surface area (Å²) in [4.78, 5) is 7.63. The number of nitrogens with one attached hydrogen (secondary N) is 1. The second kappa shape index (κ2) is 5.91. The molecule has 2 heterocycles. The molecule has 24 heavy (non-hydrogen) atoms. The van der Waals surface area contributed by atoms with E-state index in [4.69, 9.17) is 4.74 Å². The first-order chi connectivity index (χ1) is 11.4. The van der Waals surface area contributed by atoms with E-state index in [0.717, 1.165) is 18.5 Å². The number of H-pyrrole nitrogens is 1. The molecular weight excluding hydrogens is 328 g/mol. The van der Waals surface area contributed by atoms with Crippen LogP contribution in [0.2, 0.25) is 0 Å². The normalized spacial score (nSPS) is 11.5. The van der Waals surface area contributed by atoms with Gasteiger partial charge in [0.2, 0.25) is 0 Å². The molecule has 0 unspecified atom stereocenters. The molecule has 0 amide bonds. The van der Waals surface area contributed by atoms with Crippen LogP contribution in [0.15, 0.2) is 36.7 Å². The van der Waals surface area contributed by atoms with Crippen molar-refractivity contribution in [2.75, 3.05) is 7.11 Å². The number of benzene rings is 1. The minimum Gasteiger partial charge on any atom is -0.497 e. The molecule has 0 saturated carbocycles. The number of rotatable bonds is 3. The Morgan fingerprint density at radius 1 is 1.12 bits per heavy atom. The van der Waals surface area contributed by atoms with Gasteiger partial charge in [0, 0.05) is 12.4 Å². The number of nitrogens with zero attached hydrogens (tertiary/aromatic N) is 3. The number of aromatic amines is 1. The van der Waals surface area contributed by atoms with E-state index in [2.05, 4.69) is 20.2 Å². The quantitative estimate of drug-likeness (QED) is 0.740. The molecule has 0 aliphatic rings. The van der Waals surface area contributed by atoms with E-state index in [-0.39, 0.29) is 22.8 Å². The molecule has 0 spiro atoms. The van der Waals surface area contributed by atoms with Gasteiger partial charge in [0.25, 0.3) is 0 Å². The lowest BCUT2D eigenvalue weighted by molar-refractivity contribution is -0.137. The summed E-state index contributed by atoms with van der Waals surface area (Å²) in [6, 6.07) is 4.78. The fourth-order valence-corrected chi connectivity index (χ4v) is 2.14. The zero-order chi connectivity index (χ0) is 17.3. The Balaban J connectivity index is 2.07. The van der Waals surface area contributed by atoms with Crippen molar-refractivity contribution < 1.29 is 22.3 Å². The van der Waals surface area contributed by atoms with Crippen LogP contribution in [0.3, 0.4) is 0 Å². The Labute approximate surface area is 133 Å². The summed E-state index contributed by atoms with van der Waals surface area (Å²) in [5.74, 6) is -0.478. The van der Waals surface area contributed by atoms with Crippen LogP contribution in [0.1, 0.15) is 5.56 Å². The number of pyridine rings is 1. The molecular formula is C15H10F4N4O. The van der Waals surface area contributed by atoms with Gasteiger partial charge in [-0.05, 0) is 24.3 Å². The smallest absolute Gasteiger partial charge is 0.417 e. The van der Waals surface area contributed by atoms with Crippen molar-refractivity contribution in [3.8, 4) is 28.5 Å². The second-order valence-corrected chi connectivity index (χ2v) is 4.77. The van der Waals surface area contributed by atoms with E-state index in [1.54, 1.807) is 0 Å². The minimum atomic E-state index is -4.58. The molecule has 5 nitrogen and oxygen atoms in total. The van der Waals surface area contributed by atoms with Gasteiger partial charge in [-0.15, -0.1) is 0 Å². The molecule has 2 aromatic heterocycles. The summed E-state index contributed by atoms with van der Waals surface area (Å²) in [6.07, 6.45) is -2.54. The Kier molecular flexibility index (Phi) is 3.92. The summed E-state index contributed by atoms with van der Waals surface area (Å²) < 4.78 is 58.1. The molecule has 124 valence electrons. The highest BCUT2D eigenvalue weighted by atomic mass is 19.4. The van der Waals surface area contributed by atoms with Crippen LogP contribution in [-0.2, 0) is 6.18 Å². The predicted octanol–water partition coefficient (Wildman–Crippen LogP) is 3.70. The van der Waals surface area contributed by atoms with Crippen LogP contribution in [-0.4, -0.2) is 27.3 Å². The van der Waals surface area contributed by atoms with Crippen LogP contribution in [0.4, 0.5) is 17.6 Å². The van der Waals surface area contributed by atoms with Gasteiger partial charge < -0.3 is 4.74 Å². The Hall–Kier alpha value is -2.97. The molecule has 0 fully saturated rings. The lowest BCUT2D eigenvalue weighted by Gasteiger charge is -2.09. The first-order valence-electron chi connectivity index (χ1n) is 6.68. The largest absolute Gasteiger partial charge is 0.497 e. The number of aromatic nitrogens is 4. The highest BCUT2D eigenvalue weighted by Gasteiger charge is 2.34. The van der Waals surface area contributed by atoms with Crippen molar-refractivity contribution in [3.63, 3.8) is 0 Å². The zero-order valence-corrected chi connectivity index (χ0v) is 12.2. The predicted molar refractivity (Wildman–Crippen MR) is 76.6 cm³/mol. The van der Waals surface area contributed by atoms with E-state index < -0.39 is 17.6 Å². The summed E-state index contributed by atoms with van der Waals surface area (Å²) in [5.41, 5.74) is -1.18. The van der Waals surface area contributed by atoms with Gasteiger partial charge in [-0.25, -0.2) is 9.37 Å². The minimum absolute atomic E-state index is 0.0154. The molecule has 0 atom stereocenters. The fraction of sp³-hybridized carbons (Fsp3) is 0.133. The molecule has 0 radical (unpaired) electrons. The van der Waals surface area contributed by atoms with Crippen molar-refractivity contribution in [1.29, 1.82) is 0 Å². The third-order valence-corrected chi connectivity index (χ3v) is 3.28. The van der Waals surface area contributed by atoms with Crippen LogP contribution in [0, 0.1) is 5.82 Å². The standard InChI is InChI=1S/C15H10F4N4O/c1-24-8-2-3-12(16)9(6-8)13-21-14(23-22-13)10-7-20-5-4-11(10)15(17,18)19/h2-7H,1H3,(H,21,22,23). The van der Waals surface area contributed by atoms with E-state index in [9.17, 15) is 17.6 Å². The second-order valence-electron chi connectivity index (χ2n) is 4.77. The molecule has 3 rings (SSSR count). The van der Waals surface area contributed by atoms with Crippen molar-refractivity contribution in [2.45, 2.75) is 6.18 Å². The number of hydrogen-bond acceptors (Lipinski definition) is 4. The monoisotopic (exact) mass is 338 g/mol. The maximum absolute atomic E-state index is 13.9. The van der Waals surface area contributed by atoms with Crippen LogP contribution < -0.4 is 4.74 Å². The molecule has 1 aromatic carbocycles. The molecule has 3 aromatic rings. The first-order valence-corrected chi connectivity index (χ1v) is 6.68. The third-order valence-electron chi connectivity index (χ3n) is 3.28. The van der Waals surface area contributed by atoms with Gasteiger partial charge in [-0.2, -0.15) is 18.3 Å². The van der Waals surface area contributed by atoms with Crippen LogP contribution >= 0.6 is 0 Å². The van der Waals surface area contributed by atoms with E-state index in [0.29, 0.717) is 5.75 Å². The maximum atomic E-state index is 13.9. The summed E-state index contributed by atoms with van der Waals surface area (Å²) >= 11 is 0. The molecule has 0 saturated heterocycles. The van der Waals surface area contributed by atoms with Crippen molar-refractivity contribution in [2.24, 2.45) is 0 Å². The zero-order valence-electron chi connectivity index (χ0n) is 12.2. The van der Waals surface area contributed by atoms with E-state index >= 15 is 0 Å². The molecule has 0 bridgehead atoms. The highest BCUT2D eigenvalue weighted by Crippen LogP contribution is 2.35. The SMILES string of the molecule is COc1ccc(F)c(-c2nc(-c3cnccc3C(F)(F)F)n[nH]2)c1. The summed E-state index contributed by atoms with van der Waals surface area (Å²) in [7, 11) is 1.41. The van der Waals surface area contributed by atoms with Gasteiger partial charge in [0.05, 0.1) is 23.8 Å². The highest BCUT2D eigenvalue weighted by molar-refractivity contribution is 5.64. The maximum Gasteiger partial charge on any atom is 0.417 e. The molecule has 0 aliphatic carbocycles. The third kappa shape index (κ3) is 2.92. The van der Waals surface area contributed by atoms with Crippen LogP contribution in [0.5, 0.6) is 5.75 Å². The topological polar surface area (TPSA) is 63.7 Å². The van der Waals surface area contributed by atoms with Gasteiger partial charge in [-0.1, -0.05) is 0 Å². The number of alkyl halides is 3. The van der Waals surface area contributed by atoms with Crippen molar-refractivity contribution >= 4 is 0 Å². The molecule has 1 N–H and O–H groups in total. The van der Waals surface area contributed by atoms with Gasteiger partial charge in [-0.3, -0.25) is 10.1 Å². The Morgan fingerprint density at radius 3 is 2.62 bits per heavy atom. The lowest BCUT2D eigenvalue weighted by Crippen LogP contribution is -2.07. The average Bonchev–Trinajstić information content (AvgIpc) is 3.04. The van der Waals surface area contributed by atoms with Gasteiger partial charge >= 0.3 is 6.18 Å². The fourth-order valence-electron chi connectivity index (χ4n) is 2.14. The number of ether oxygens (including phenoxy) is 1. The Bertz CT molecular complexity index is 876. The lowest BCUT2D eigenvalue weighted by atomic mass is 10.1. The average molecular weight is 338 g/mol. The molecule has 9 heteroatoms. The van der Waals surface area contributed by atoms with E-state index in [1.807, 2.05) is 0 Å². The van der Waals surface area contributed by atoms with E-state index in [1.165, 1.54) is 25.3 Å². The number of methoxy groups -OCH3 is 1. The molecule has 0 aliphatic heterocycles.